The van der Waals surface area contributed by atoms with Gasteiger partial charge >= 0.3 is 0 Å². The van der Waals surface area contributed by atoms with Crippen molar-refractivity contribution in [1.82, 2.24) is 4.90 Å². The molecule has 2 amide bonds. The number of methoxy groups -OCH3 is 2. The van der Waals surface area contributed by atoms with Crippen LogP contribution in [0.3, 0.4) is 0 Å². The standard InChI is InChI=1S/C19H16INO5S/c1-25-14-7-12(8-15(26-2)17(14)22)9-16-18(23)21(19(24)27-16)10-11-3-5-13(20)6-4-11/h3-9,22H,10H2,1-2H3/b16-9+. The van der Waals surface area contributed by atoms with Crippen molar-refractivity contribution < 1.29 is 24.2 Å². The molecular formula is C19H16INO5S. The molecule has 8 heteroatoms. The summed E-state index contributed by atoms with van der Waals surface area (Å²) in [5.74, 6) is -0.0315. The van der Waals surface area contributed by atoms with E-state index in [1.54, 1.807) is 18.2 Å². The van der Waals surface area contributed by atoms with E-state index in [9.17, 15) is 14.7 Å². The summed E-state index contributed by atoms with van der Waals surface area (Å²) in [5, 5.41) is 9.67. The molecule has 0 radical (unpaired) electrons. The Kier molecular flexibility index (Phi) is 5.95. The van der Waals surface area contributed by atoms with E-state index in [2.05, 4.69) is 22.6 Å². The van der Waals surface area contributed by atoms with Crippen molar-refractivity contribution in [2.75, 3.05) is 14.2 Å². The first-order chi connectivity index (χ1) is 12.9. The first kappa shape index (κ1) is 19.6. The Morgan fingerprint density at radius 1 is 1.11 bits per heavy atom. The number of aromatic hydroxyl groups is 1. The van der Waals surface area contributed by atoms with Gasteiger partial charge in [-0.1, -0.05) is 12.1 Å². The third kappa shape index (κ3) is 4.22. The quantitative estimate of drug-likeness (QED) is 0.492. The van der Waals surface area contributed by atoms with Gasteiger partial charge in [0, 0.05) is 3.57 Å². The highest BCUT2D eigenvalue weighted by molar-refractivity contribution is 14.1. The largest absolute Gasteiger partial charge is 0.502 e. The van der Waals surface area contributed by atoms with Gasteiger partial charge in [-0.2, -0.15) is 0 Å². The zero-order valence-electron chi connectivity index (χ0n) is 14.6. The van der Waals surface area contributed by atoms with Crippen molar-refractivity contribution in [2.45, 2.75) is 6.54 Å². The fourth-order valence-corrected chi connectivity index (χ4v) is 3.76. The minimum Gasteiger partial charge on any atom is -0.502 e. The lowest BCUT2D eigenvalue weighted by Crippen LogP contribution is -2.27. The van der Waals surface area contributed by atoms with Crippen molar-refractivity contribution in [2.24, 2.45) is 0 Å². The summed E-state index contributed by atoms with van der Waals surface area (Å²) in [7, 11) is 2.85. The molecule has 1 aliphatic rings. The zero-order valence-corrected chi connectivity index (χ0v) is 17.5. The molecule has 2 aromatic carbocycles. The van der Waals surface area contributed by atoms with Crippen molar-refractivity contribution in [3.05, 3.63) is 56.0 Å². The molecule has 1 fully saturated rings. The van der Waals surface area contributed by atoms with Crippen LogP contribution in [0.2, 0.25) is 0 Å². The molecule has 2 aromatic rings. The summed E-state index contributed by atoms with van der Waals surface area (Å²) in [6, 6.07) is 10.8. The number of ether oxygens (including phenoxy) is 2. The van der Waals surface area contributed by atoms with E-state index in [4.69, 9.17) is 9.47 Å². The fraction of sp³-hybridized carbons (Fsp3) is 0.158. The third-order valence-electron chi connectivity index (χ3n) is 3.93. The van der Waals surface area contributed by atoms with E-state index in [1.807, 2.05) is 24.3 Å². The molecule has 1 aliphatic heterocycles. The number of hydrogen-bond acceptors (Lipinski definition) is 6. The van der Waals surface area contributed by atoms with Gasteiger partial charge in [0.1, 0.15) is 0 Å². The van der Waals surface area contributed by atoms with Crippen molar-refractivity contribution in [3.63, 3.8) is 0 Å². The number of nitrogens with zero attached hydrogens (tertiary/aromatic N) is 1. The van der Waals surface area contributed by atoms with Gasteiger partial charge < -0.3 is 14.6 Å². The summed E-state index contributed by atoms with van der Waals surface area (Å²) < 4.78 is 11.3. The molecule has 0 aromatic heterocycles. The summed E-state index contributed by atoms with van der Waals surface area (Å²) in [6.07, 6.45) is 1.59. The number of hydrogen-bond donors (Lipinski definition) is 1. The van der Waals surface area contributed by atoms with Crippen molar-refractivity contribution in [1.29, 1.82) is 0 Å². The van der Waals surface area contributed by atoms with Crippen molar-refractivity contribution in [3.8, 4) is 17.2 Å². The van der Waals surface area contributed by atoms with Crippen LogP contribution in [0.4, 0.5) is 4.79 Å². The molecule has 0 spiro atoms. The normalized spacial score (nSPS) is 15.5. The van der Waals surface area contributed by atoms with Gasteiger partial charge in [-0.25, -0.2) is 0 Å². The summed E-state index contributed by atoms with van der Waals surface area (Å²) in [6.45, 7) is 0.223. The second-order valence-electron chi connectivity index (χ2n) is 5.67. The highest BCUT2D eigenvalue weighted by Gasteiger charge is 2.35. The van der Waals surface area contributed by atoms with E-state index < -0.39 is 0 Å². The van der Waals surface area contributed by atoms with Gasteiger partial charge in [0.15, 0.2) is 11.5 Å². The summed E-state index contributed by atoms with van der Waals surface area (Å²) >= 11 is 3.08. The SMILES string of the molecule is COc1cc(/C=C2/SC(=O)N(Cc3ccc(I)cc3)C2=O)cc(OC)c1O. The summed E-state index contributed by atoms with van der Waals surface area (Å²) in [4.78, 5) is 26.5. The molecule has 0 aliphatic carbocycles. The lowest BCUT2D eigenvalue weighted by atomic mass is 10.1. The van der Waals surface area contributed by atoms with Crippen LogP contribution in [0.5, 0.6) is 17.2 Å². The third-order valence-corrected chi connectivity index (χ3v) is 5.55. The van der Waals surface area contributed by atoms with Crippen LogP contribution in [0, 0.1) is 3.57 Å². The number of rotatable bonds is 5. The number of thioether (sulfide) groups is 1. The van der Waals surface area contributed by atoms with Crippen molar-refractivity contribution >= 4 is 51.6 Å². The number of phenols is 1. The van der Waals surface area contributed by atoms with Gasteiger partial charge in [0.05, 0.1) is 25.7 Å². The second kappa shape index (κ2) is 8.22. The monoisotopic (exact) mass is 497 g/mol. The molecule has 6 nitrogen and oxygen atoms in total. The predicted octanol–water partition coefficient (Wildman–Crippen LogP) is 4.25. The Morgan fingerprint density at radius 2 is 1.70 bits per heavy atom. The lowest BCUT2D eigenvalue weighted by molar-refractivity contribution is -0.123. The van der Waals surface area contributed by atoms with E-state index in [0.717, 1.165) is 20.9 Å². The van der Waals surface area contributed by atoms with Gasteiger partial charge in [0.25, 0.3) is 11.1 Å². The molecule has 1 N–H and O–H groups in total. The predicted molar refractivity (Wildman–Crippen MR) is 112 cm³/mol. The van der Waals surface area contributed by atoms with Crippen LogP contribution in [-0.4, -0.2) is 35.4 Å². The minimum absolute atomic E-state index is 0.121. The number of benzene rings is 2. The van der Waals surface area contributed by atoms with E-state index >= 15 is 0 Å². The second-order valence-corrected chi connectivity index (χ2v) is 7.91. The van der Waals surface area contributed by atoms with Crippen LogP contribution in [-0.2, 0) is 11.3 Å². The number of phenolic OH excluding ortho intramolecular Hbond substituents is 1. The number of carbonyl (C=O) groups excluding carboxylic acids is 2. The molecule has 1 saturated heterocycles. The number of carbonyl (C=O) groups is 2. The minimum atomic E-state index is -0.352. The maximum atomic E-state index is 12.7. The fourth-order valence-electron chi connectivity index (χ4n) is 2.56. The summed E-state index contributed by atoms with van der Waals surface area (Å²) in [5.41, 5.74) is 1.47. The molecule has 0 bridgehead atoms. The molecule has 27 heavy (non-hydrogen) atoms. The Balaban J connectivity index is 1.87. The Bertz CT molecular complexity index is 901. The van der Waals surface area contributed by atoms with E-state index in [0.29, 0.717) is 10.5 Å². The van der Waals surface area contributed by atoms with Crippen LogP contribution in [0.25, 0.3) is 6.08 Å². The molecule has 1 heterocycles. The molecule has 0 saturated carbocycles. The zero-order chi connectivity index (χ0) is 19.6. The smallest absolute Gasteiger partial charge is 0.293 e. The average molecular weight is 497 g/mol. The van der Waals surface area contributed by atoms with Gasteiger partial charge in [0.2, 0.25) is 5.75 Å². The van der Waals surface area contributed by atoms with Crippen LogP contribution >= 0.6 is 34.4 Å². The molecule has 140 valence electrons. The Morgan fingerprint density at radius 3 is 2.26 bits per heavy atom. The molecule has 0 unspecified atom stereocenters. The first-order valence-corrected chi connectivity index (χ1v) is 9.77. The Labute approximate surface area is 174 Å². The number of halogens is 1. The van der Waals surface area contributed by atoms with E-state index in [-0.39, 0.29) is 34.9 Å². The topological polar surface area (TPSA) is 76.1 Å². The number of imide groups is 1. The maximum absolute atomic E-state index is 12.7. The average Bonchev–Trinajstić information content (AvgIpc) is 2.92. The molecular weight excluding hydrogens is 481 g/mol. The van der Waals surface area contributed by atoms with E-state index in [1.165, 1.54) is 19.1 Å². The highest BCUT2D eigenvalue weighted by Crippen LogP contribution is 2.39. The van der Waals surface area contributed by atoms with Gasteiger partial charge in [-0.05, 0) is 75.8 Å². The highest BCUT2D eigenvalue weighted by atomic mass is 127. The molecule has 0 atom stereocenters. The first-order valence-electron chi connectivity index (χ1n) is 7.87. The van der Waals surface area contributed by atoms with Crippen LogP contribution < -0.4 is 9.47 Å². The van der Waals surface area contributed by atoms with Gasteiger partial charge in [-0.15, -0.1) is 0 Å². The molecule has 3 rings (SSSR count). The van der Waals surface area contributed by atoms with Gasteiger partial charge in [-0.3, -0.25) is 14.5 Å². The van der Waals surface area contributed by atoms with Crippen LogP contribution in [0.1, 0.15) is 11.1 Å². The Hall–Kier alpha value is -2.20. The number of amides is 2. The van der Waals surface area contributed by atoms with Crippen LogP contribution in [0.15, 0.2) is 41.3 Å². The lowest BCUT2D eigenvalue weighted by Gasteiger charge is -2.12. The maximum Gasteiger partial charge on any atom is 0.293 e.